The van der Waals surface area contributed by atoms with E-state index >= 15 is 0 Å². The van der Waals surface area contributed by atoms with Gasteiger partial charge in [-0.3, -0.25) is 9.00 Å². The second-order valence-electron chi connectivity index (χ2n) is 4.39. The van der Waals surface area contributed by atoms with E-state index in [1.54, 1.807) is 30.3 Å². The molecule has 1 unspecified atom stereocenters. The van der Waals surface area contributed by atoms with Crippen LogP contribution in [-0.4, -0.2) is 15.9 Å². The first kappa shape index (κ1) is 14.3. The quantitative estimate of drug-likeness (QED) is 0.848. The molecule has 1 atom stereocenters. The molecule has 0 radical (unpaired) electrons. The zero-order valence-corrected chi connectivity index (χ0v) is 11.9. The molecule has 3 N–H and O–H groups in total. The van der Waals surface area contributed by atoms with E-state index in [0.29, 0.717) is 16.3 Å². The molecule has 0 aromatic heterocycles. The van der Waals surface area contributed by atoms with Crippen molar-refractivity contribution in [1.82, 2.24) is 0 Å². The molecule has 0 spiro atoms. The Morgan fingerprint density at radius 2 is 1.80 bits per heavy atom. The lowest BCUT2D eigenvalue weighted by atomic mass is 10.2. The number of nitrogen functional groups attached to an aromatic ring is 1. The minimum Gasteiger partial charge on any atom is -0.397 e. The van der Waals surface area contributed by atoms with E-state index in [2.05, 4.69) is 5.32 Å². The SMILES string of the molecule is Cc1ccccc1S(=O)CC(=O)Nc1ccccc1N. The molecule has 0 aliphatic carbocycles. The number of para-hydroxylation sites is 2. The van der Waals surface area contributed by atoms with Gasteiger partial charge in [0.05, 0.1) is 22.2 Å². The van der Waals surface area contributed by atoms with Crippen molar-refractivity contribution < 1.29 is 9.00 Å². The van der Waals surface area contributed by atoms with Gasteiger partial charge in [0.15, 0.2) is 0 Å². The lowest BCUT2D eigenvalue weighted by Crippen LogP contribution is -2.20. The summed E-state index contributed by atoms with van der Waals surface area (Å²) in [6.07, 6.45) is 0. The topological polar surface area (TPSA) is 72.2 Å². The van der Waals surface area contributed by atoms with Gasteiger partial charge in [0.1, 0.15) is 5.75 Å². The van der Waals surface area contributed by atoms with Crippen molar-refractivity contribution in [3.05, 3.63) is 54.1 Å². The summed E-state index contributed by atoms with van der Waals surface area (Å²) in [6, 6.07) is 14.3. The molecule has 0 fully saturated rings. The number of aryl methyl sites for hydroxylation is 1. The highest BCUT2D eigenvalue weighted by atomic mass is 32.2. The number of carbonyl (C=O) groups excluding carboxylic acids is 1. The Hall–Kier alpha value is -2.14. The average Bonchev–Trinajstić information content (AvgIpc) is 2.41. The highest BCUT2D eigenvalue weighted by molar-refractivity contribution is 7.85. The molecule has 2 aromatic rings. The Bertz CT molecular complexity index is 656. The van der Waals surface area contributed by atoms with Crippen molar-refractivity contribution in [1.29, 1.82) is 0 Å². The average molecular weight is 288 g/mol. The Morgan fingerprint density at radius 1 is 1.15 bits per heavy atom. The van der Waals surface area contributed by atoms with Crippen LogP contribution in [0.2, 0.25) is 0 Å². The third kappa shape index (κ3) is 3.45. The van der Waals surface area contributed by atoms with Crippen molar-refractivity contribution in [2.75, 3.05) is 16.8 Å². The van der Waals surface area contributed by atoms with Gasteiger partial charge in [0, 0.05) is 4.90 Å². The zero-order chi connectivity index (χ0) is 14.5. The van der Waals surface area contributed by atoms with Crippen LogP contribution in [0.25, 0.3) is 0 Å². The second-order valence-corrected chi connectivity index (χ2v) is 5.81. The number of carbonyl (C=O) groups is 1. The molecule has 20 heavy (non-hydrogen) atoms. The molecular weight excluding hydrogens is 272 g/mol. The molecule has 2 rings (SSSR count). The van der Waals surface area contributed by atoms with Crippen LogP contribution >= 0.6 is 0 Å². The molecular formula is C15H16N2O2S. The first-order valence-corrected chi connectivity index (χ1v) is 7.48. The molecule has 104 valence electrons. The van der Waals surface area contributed by atoms with E-state index in [-0.39, 0.29) is 11.7 Å². The Labute approximate surface area is 120 Å². The smallest absolute Gasteiger partial charge is 0.237 e. The largest absolute Gasteiger partial charge is 0.397 e. The third-order valence-corrected chi connectivity index (χ3v) is 4.31. The first-order chi connectivity index (χ1) is 9.58. The molecule has 1 amide bonds. The van der Waals surface area contributed by atoms with E-state index < -0.39 is 10.8 Å². The fraction of sp³-hybridized carbons (Fsp3) is 0.133. The standard InChI is InChI=1S/C15H16N2O2S/c1-11-6-2-5-9-14(11)20(19)10-15(18)17-13-8-4-3-7-12(13)16/h2-9H,10,16H2,1H3,(H,17,18). The van der Waals surface area contributed by atoms with Gasteiger partial charge < -0.3 is 11.1 Å². The van der Waals surface area contributed by atoms with Gasteiger partial charge in [-0.1, -0.05) is 30.3 Å². The number of benzene rings is 2. The highest BCUT2D eigenvalue weighted by Gasteiger charge is 2.12. The molecule has 5 heteroatoms. The van der Waals surface area contributed by atoms with Gasteiger partial charge >= 0.3 is 0 Å². The van der Waals surface area contributed by atoms with Crippen molar-refractivity contribution in [3.63, 3.8) is 0 Å². The predicted octanol–water partition coefficient (Wildman–Crippen LogP) is 2.32. The van der Waals surface area contributed by atoms with Crippen molar-refractivity contribution >= 4 is 28.1 Å². The summed E-state index contributed by atoms with van der Waals surface area (Å²) in [5.74, 6) is -0.399. The van der Waals surface area contributed by atoms with Gasteiger partial charge in [-0.15, -0.1) is 0 Å². The van der Waals surface area contributed by atoms with E-state index in [1.165, 1.54) is 0 Å². The fourth-order valence-corrected chi connectivity index (χ4v) is 2.93. The fourth-order valence-electron chi connectivity index (χ4n) is 1.81. The van der Waals surface area contributed by atoms with Gasteiger partial charge in [-0.2, -0.15) is 0 Å². The third-order valence-electron chi connectivity index (χ3n) is 2.84. The number of anilines is 2. The monoisotopic (exact) mass is 288 g/mol. The van der Waals surface area contributed by atoms with Crippen molar-refractivity contribution in [3.8, 4) is 0 Å². The maximum absolute atomic E-state index is 12.2. The van der Waals surface area contributed by atoms with Crippen LogP contribution in [0.5, 0.6) is 0 Å². The van der Waals surface area contributed by atoms with Crippen LogP contribution in [-0.2, 0) is 15.6 Å². The molecule has 0 aliphatic rings. The van der Waals surface area contributed by atoms with Gasteiger partial charge in [-0.05, 0) is 30.7 Å². The normalized spacial score (nSPS) is 11.8. The summed E-state index contributed by atoms with van der Waals surface area (Å²) >= 11 is 0. The number of amides is 1. The second kappa shape index (κ2) is 6.34. The number of nitrogens with two attached hydrogens (primary N) is 1. The first-order valence-electron chi connectivity index (χ1n) is 6.16. The zero-order valence-electron chi connectivity index (χ0n) is 11.1. The Morgan fingerprint density at radius 3 is 2.50 bits per heavy atom. The van der Waals surface area contributed by atoms with Crippen LogP contribution < -0.4 is 11.1 Å². The van der Waals surface area contributed by atoms with Crippen molar-refractivity contribution in [2.24, 2.45) is 0 Å². The van der Waals surface area contributed by atoms with Gasteiger partial charge in [0.2, 0.25) is 5.91 Å². The summed E-state index contributed by atoms with van der Waals surface area (Å²) in [6.45, 7) is 1.88. The summed E-state index contributed by atoms with van der Waals surface area (Å²) in [7, 11) is -1.36. The number of hydrogen-bond donors (Lipinski definition) is 2. The lowest BCUT2D eigenvalue weighted by Gasteiger charge is -2.08. The molecule has 2 aromatic carbocycles. The molecule has 0 saturated heterocycles. The summed E-state index contributed by atoms with van der Waals surface area (Å²) in [5.41, 5.74) is 7.69. The van der Waals surface area contributed by atoms with E-state index in [1.807, 2.05) is 25.1 Å². The summed E-state index contributed by atoms with van der Waals surface area (Å²) in [4.78, 5) is 12.6. The van der Waals surface area contributed by atoms with Gasteiger partial charge in [0.25, 0.3) is 0 Å². The van der Waals surface area contributed by atoms with E-state index in [9.17, 15) is 9.00 Å². The molecule has 0 heterocycles. The summed E-state index contributed by atoms with van der Waals surface area (Å²) in [5, 5.41) is 2.67. The van der Waals surface area contributed by atoms with Crippen LogP contribution in [0, 0.1) is 6.92 Å². The van der Waals surface area contributed by atoms with Crippen LogP contribution in [0.3, 0.4) is 0 Å². The Kier molecular flexibility index (Phi) is 4.53. The maximum Gasteiger partial charge on any atom is 0.237 e. The van der Waals surface area contributed by atoms with Crippen LogP contribution in [0.4, 0.5) is 11.4 Å². The number of nitrogens with one attached hydrogen (secondary N) is 1. The van der Waals surface area contributed by atoms with Gasteiger partial charge in [-0.25, -0.2) is 0 Å². The molecule has 4 nitrogen and oxygen atoms in total. The molecule has 0 bridgehead atoms. The number of rotatable bonds is 4. The minimum atomic E-state index is -1.36. The number of hydrogen-bond acceptors (Lipinski definition) is 3. The molecule has 0 saturated carbocycles. The maximum atomic E-state index is 12.2. The lowest BCUT2D eigenvalue weighted by molar-refractivity contribution is -0.113. The highest BCUT2D eigenvalue weighted by Crippen LogP contribution is 2.17. The van der Waals surface area contributed by atoms with Crippen molar-refractivity contribution in [2.45, 2.75) is 11.8 Å². The minimum absolute atomic E-state index is 0.0841. The van der Waals surface area contributed by atoms with Crippen LogP contribution in [0.15, 0.2) is 53.4 Å². The van der Waals surface area contributed by atoms with E-state index in [0.717, 1.165) is 5.56 Å². The molecule has 0 aliphatic heterocycles. The summed E-state index contributed by atoms with van der Waals surface area (Å²) < 4.78 is 12.2. The predicted molar refractivity (Wildman–Crippen MR) is 81.9 cm³/mol. The van der Waals surface area contributed by atoms with E-state index in [4.69, 9.17) is 5.73 Å². The van der Waals surface area contributed by atoms with Crippen LogP contribution in [0.1, 0.15) is 5.56 Å². The Balaban J connectivity index is 2.04.